The molecule has 0 saturated heterocycles. The van der Waals surface area contributed by atoms with E-state index in [0.717, 1.165) is 18.5 Å². The van der Waals surface area contributed by atoms with E-state index >= 15 is 0 Å². The van der Waals surface area contributed by atoms with Gasteiger partial charge in [0.1, 0.15) is 0 Å². The Kier molecular flexibility index (Phi) is 2.20. The summed E-state index contributed by atoms with van der Waals surface area (Å²) in [4.78, 5) is 13.4. The zero-order chi connectivity index (χ0) is 10.8. The molecule has 0 aliphatic carbocycles. The zero-order valence-electron chi connectivity index (χ0n) is 9.42. The molecular formula is C12H15NO. The van der Waals surface area contributed by atoms with Gasteiger partial charge in [0.2, 0.25) is 5.91 Å². The van der Waals surface area contributed by atoms with E-state index in [2.05, 4.69) is 0 Å². The minimum atomic E-state index is 0.205. The van der Waals surface area contributed by atoms with E-state index in [1.807, 2.05) is 30.0 Å². The van der Waals surface area contributed by atoms with Crippen LogP contribution in [0.3, 0.4) is 0 Å². The second-order valence-electron chi connectivity index (χ2n) is 3.61. The van der Waals surface area contributed by atoms with Gasteiger partial charge in [-0.05, 0) is 17.5 Å². The number of carbonyl (C=O) groups is 1. The summed E-state index contributed by atoms with van der Waals surface area (Å²) in [5.74, 6) is 0.205. The summed E-state index contributed by atoms with van der Waals surface area (Å²) in [5.41, 5.74) is 2.42. The Hall–Kier alpha value is -1.31. The van der Waals surface area contributed by atoms with Crippen LogP contribution >= 0.6 is 0 Å². The van der Waals surface area contributed by atoms with Crippen molar-refractivity contribution in [2.75, 3.05) is 6.54 Å². The normalized spacial score (nSPS) is 16.1. The monoisotopic (exact) mass is 190 g/mol. The van der Waals surface area contributed by atoms with Crippen molar-refractivity contribution in [3.8, 4) is 0 Å². The number of hydrogen-bond acceptors (Lipinski definition) is 1. The summed E-state index contributed by atoms with van der Waals surface area (Å²) < 4.78 is 7.55. The van der Waals surface area contributed by atoms with Gasteiger partial charge in [-0.15, -0.1) is 0 Å². The number of benzene rings is 1. The first kappa shape index (κ1) is 8.04. The van der Waals surface area contributed by atoms with Gasteiger partial charge in [-0.2, -0.15) is 0 Å². The molecule has 0 saturated carbocycles. The van der Waals surface area contributed by atoms with E-state index < -0.39 is 0 Å². The number of nitrogens with zero attached hydrogens (tertiary/aromatic N) is 1. The highest BCUT2D eigenvalue weighted by molar-refractivity contribution is 5.76. The van der Waals surface area contributed by atoms with E-state index in [-0.39, 0.29) is 5.91 Å². The van der Waals surface area contributed by atoms with E-state index in [9.17, 15) is 4.79 Å². The third-order valence-electron chi connectivity index (χ3n) is 2.72. The molecule has 0 spiro atoms. The molecule has 0 atom stereocenters. The predicted molar refractivity (Wildman–Crippen MR) is 55.9 cm³/mol. The van der Waals surface area contributed by atoms with Crippen LogP contribution in [0.25, 0.3) is 0 Å². The molecule has 1 aliphatic rings. The predicted octanol–water partition coefficient (Wildman–Crippen LogP) is 1.98. The molecule has 0 radical (unpaired) electrons. The number of carbonyl (C=O) groups excluding carboxylic acids is 1. The van der Waals surface area contributed by atoms with E-state index in [4.69, 9.17) is 1.37 Å². The van der Waals surface area contributed by atoms with Crippen LogP contribution < -0.4 is 0 Å². The van der Waals surface area contributed by atoms with Crippen molar-refractivity contribution in [3.63, 3.8) is 0 Å². The maximum absolute atomic E-state index is 11.5. The smallest absolute Gasteiger partial charge is 0.222 e. The lowest BCUT2D eigenvalue weighted by atomic mass is 10.00. The lowest BCUT2D eigenvalue weighted by Crippen LogP contribution is -2.35. The second kappa shape index (κ2) is 3.82. The molecule has 2 nitrogen and oxygen atoms in total. The fourth-order valence-corrected chi connectivity index (χ4v) is 1.86. The van der Waals surface area contributed by atoms with Gasteiger partial charge >= 0.3 is 0 Å². The lowest BCUT2D eigenvalue weighted by molar-refractivity contribution is -0.131. The third-order valence-corrected chi connectivity index (χ3v) is 2.72. The van der Waals surface area contributed by atoms with Crippen LogP contribution in [-0.4, -0.2) is 17.4 Å². The number of rotatable bonds is 1. The Morgan fingerprint density at radius 2 is 2.43 bits per heavy atom. The number of fused-ring (bicyclic) bond motifs is 1. The van der Waals surface area contributed by atoms with Crippen LogP contribution in [0, 0.1) is 0 Å². The Labute approximate surface area is 85.9 Å². The molecule has 1 aromatic carbocycles. The van der Waals surface area contributed by atoms with Gasteiger partial charge in [-0.1, -0.05) is 31.2 Å². The molecule has 74 valence electrons. The van der Waals surface area contributed by atoms with Crippen LogP contribution in [0.4, 0.5) is 0 Å². The Balaban J connectivity index is 2.22. The summed E-state index contributed by atoms with van der Waals surface area (Å²) in [6.45, 7) is 3.38. The van der Waals surface area contributed by atoms with Gasteiger partial charge in [0.25, 0.3) is 0 Å². The van der Waals surface area contributed by atoms with Gasteiger partial charge in [0, 0.05) is 19.5 Å². The van der Waals surface area contributed by atoms with Gasteiger partial charge < -0.3 is 4.90 Å². The molecule has 14 heavy (non-hydrogen) atoms. The summed E-state index contributed by atoms with van der Waals surface area (Å²) in [5, 5.41) is 0. The topological polar surface area (TPSA) is 20.3 Å². The first-order chi connectivity index (χ1) is 7.20. The quantitative estimate of drug-likeness (QED) is 0.663. The molecular weight excluding hydrogens is 174 g/mol. The highest BCUT2D eigenvalue weighted by atomic mass is 16.2. The van der Waals surface area contributed by atoms with Crippen LogP contribution in [0.15, 0.2) is 24.2 Å². The third kappa shape index (κ3) is 1.65. The Morgan fingerprint density at radius 3 is 3.21 bits per heavy atom. The molecule has 1 aliphatic heterocycles. The molecule has 0 fully saturated rings. The average molecular weight is 190 g/mol. The first-order valence-corrected chi connectivity index (χ1v) is 5.07. The SMILES string of the molecule is [2H]c1ccc2c(c1)CN(C(=O)CC)CC2. The largest absolute Gasteiger partial charge is 0.338 e. The lowest BCUT2D eigenvalue weighted by Gasteiger charge is -2.28. The Bertz CT molecular complexity index is 389. The van der Waals surface area contributed by atoms with Gasteiger partial charge in [0.15, 0.2) is 0 Å². The fraction of sp³-hybridized carbons (Fsp3) is 0.417. The summed E-state index contributed by atoms with van der Waals surface area (Å²) in [7, 11) is 0. The van der Waals surface area contributed by atoms with Crippen LogP contribution in [-0.2, 0) is 17.8 Å². The average Bonchev–Trinajstić information content (AvgIpc) is 2.27. The molecule has 2 rings (SSSR count). The van der Waals surface area contributed by atoms with Gasteiger partial charge in [-0.3, -0.25) is 4.79 Å². The highest BCUT2D eigenvalue weighted by Gasteiger charge is 2.18. The fourth-order valence-electron chi connectivity index (χ4n) is 1.86. The molecule has 0 unspecified atom stereocenters. The maximum Gasteiger partial charge on any atom is 0.222 e. The number of amides is 1. The highest BCUT2D eigenvalue weighted by Crippen LogP contribution is 2.18. The van der Waals surface area contributed by atoms with Gasteiger partial charge in [-0.25, -0.2) is 0 Å². The molecule has 1 aromatic rings. The molecule has 0 N–H and O–H groups in total. The first-order valence-electron chi connectivity index (χ1n) is 5.57. The molecule has 0 aromatic heterocycles. The number of hydrogen-bond donors (Lipinski definition) is 0. The van der Waals surface area contributed by atoms with E-state index in [0.29, 0.717) is 19.0 Å². The van der Waals surface area contributed by atoms with Crippen molar-refractivity contribution < 1.29 is 6.17 Å². The second-order valence-corrected chi connectivity index (χ2v) is 3.61. The minimum absolute atomic E-state index is 0.205. The Morgan fingerprint density at radius 1 is 1.57 bits per heavy atom. The van der Waals surface area contributed by atoms with Crippen molar-refractivity contribution in [1.29, 1.82) is 0 Å². The summed E-state index contributed by atoms with van der Waals surface area (Å²) >= 11 is 0. The van der Waals surface area contributed by atoms with Gasteiger partial charge in [0.05, 0.1) is 1.37 Å². The molecule has 1 amide bonds. The maximum atomic E-state index is 11.5. The van der Waals surface area contributed by atoms with Crippen molar-refractivity contribution in [3.05, 3.63) is 35.4 Å². The van der Waals surface area contributed by atoms with Crippen molar-refractivity contribution in [2.45, 2.75) is 26.3 Å². The summed E-state index contributed by atoms with van der Waals surface area (Å²) in [6, 6.07) is 6.21. The van der Waals surface area contributed by atoms with E-state index in [1.165, 1.54) is 5.56 Å². The molecule has 0 bridgehead atoms. The zero-order valence-corrected chi connectivity index (χ0v) is 8.42. The van der Waals surface area contributed by atoms with Crippen LogP contribution in [0.5, 0.6) is 0 Å². The van der Waals surface area contributed by atoms with Crippen molar-refractivity contribution in [1.82, 2.24) is 4.90 Å². The van der Waals surface area contributed by atoms with Crippen molar-refractivity contribution >= 4 is 5.91 Å². The molecule has 1 heterocycles. The van der Waals surface area contributed by atoms with Crippen molar-refractivity contribution in [2.24, 2.45) is 0 Å². The van der Waals surface area contributed by atoms with Crippen LogP contribution in [0.1, 0.15) is 25.8 Å². The standard InChI is InChI=1S/C12H15NO/c1-2-12(14)13-8-7-10-5-3-4-6-11(10)9-13/h3-6H,2,7-9H2,1H3/i4D. The van der Waals surface area contributed by atoms with Crippen LogP contribution in [0.2, 0.25) is 0 Å². The van der Waals surface area contributed by atoms with E-state index in [1.54, 1.807) is 0 Å². The summed E-state index contributed by atoms with van der Waals surface area (Å²) in [6.07, 6.45) is 1.48. The minimum Gasteiger partial charge on any atom is -0.338 e. The molecule has 2 heteroatoms.